The molecular formula is C14H13BrN4. The fraction of sp³-hybridized carbons (Fsp3) is 0.0714. The summed E-state index contributed by atoms with van der Waals surface area (Å²) >= 11 is 3.56. The van der Waals surface area contributed by atoms with Gasteiger partial charge in [0.05, 0.1) is 5.69 Å². The van der Waals surface area contributed by atoms with Gasteiger partial charge in [0.15, 0.2) is 5.82 Å². The zero-order valence-electron chi connectivity index (χ0n) is 10.4. The lowest BCUT2D eigenvalue weighted by molar-refractivity contribution is 0.771. The molecule has 1 heterocycles. The second-order valence-corrected chi connectivity index (χ2v) is 5.23. The van der Waals surface area contributed by atoms with Crippen LogP contribution < -0.4 is 11.1 Å². The van der Waals surface area contributed by atoms with Gasteiger partial charge in [-0.15, -0.1) is 0 Å². The summed E-state index contributed by atoms with van der Waals surface area (Å²) in [4.78, 5) is 0. The first-order valence-corrected chi connectivity index (χ1v) is 6.68. The van der Waals surface area contributed by atoms with Gasteiger partial charge in [-0.25, -0.2) is 0 Å². The Bertz CT molecular complexity index is 748. The van der Waals surface area contributed by atoms with Gasteiger partial charge in [-0.05, 0) is 17.5 Å². The fourth-order valence-corrected chi connectivity index (χ4v) is 2.58. The lowest BCUT2D eigenvalue weighted by Crippen LogP contribution is -1.96. The van der Waals surface area contributed by atoms with E-state index in [0.29, 0.717) is 11.5 Å². The largest absolute Gasteiger partial charge is 0.394 e. The predicted octanol–water partition coefficient (Wildman–Crippen LogP) is 3.66. The second kappa shape index (κ2) is 4.59. The van der Waals surface area contributed by atoms with Crippen LogP contribution in [0.5, 0.6) is 0 Å². The molecule has 0 saturated carbocycles. The van der Waals surface area contributed by atoms with Crippen molar-refractivity contribution >= 4 is 43.9 Å². The quantitative estimate of drug-likeness (QED) is 0.758. The van der Waals surface area contributed by atoms with Crippen molar-refractivity contribution in [3.05, 3.63) is 47.1 Å². The third-order valence-electron chi connectivity index (χ3n) is 2.98. The van der Waals surface area contributed by atoms with E-state index in [2.05, 4.69) is 38.5 Å². The van der Waals surface area contributed by atoms with Crippen molar-refractivity contribution in [1.82, 2.24) is 9.78 Å². The Hall–Kier alpha value is -2.01. The van der Waals surface area contributed by atoms with E-state index in [0.717, 1.165) is 20.9 Å². The number of halogens is 1. The summed E-state index contributed by atoms with van der Waals surface area (Å²) < 4.78 is 2.77. The number of hydrogen-bond donors (Lipinski definition) is 2. The van der Waals surface area contributed by atoms with E-state index >= 15 is 0 Å². The molecule has 0 saturated heterocycles. The van der Waals surface area contributed by atoms with E-state index < -0.39 is 0 Å². The summed E-state index contributed by atoms with van der Waals surface area (Å²) in [5, 5.41) is 9.87. The summed E-state index contributed by atoms with van der Waals surface area (Å²) in [6, 6.07) is 12.2. The van der Waals surface area contributed by atoms with Crippen LogP contribution in [0.2, 0.25) is 0 Å². The molecule has 0 amide bonds. The average molecular weight is 317 g/mol. The SMILES string of the molecule is Cn1cc(N)c(Nc2ccc(Br)c3ccccc23)n1. The van der Waals surface area contributed by atoms with Crippen molar-refractivity contribution in [2.45, 2.75) is 0 Å². The van der Waals surface area contributed by atoms with Crippen LogP contribution in [0.3, 0.4) is 0 Å². The highest BCUT2D eigenvalue weighted by Crippen LogP contribution is 2.32. The van der Waals surface area contributed by atoms with Crippen LogP contribution in [0.15, 0.2) is 47.1 Å². The molecule has 3 aromatic rings. The minimum absolute atomic E-state index is 0.634. The van der Waals surface area contributed by atoms with E-state index in [4.69, 9.17) is 5.73 Å². The Morgan fingerprint density at radius 2 is 1.89 bits per heavy atom. The van der Waals surface area contributed by atoms with Crippen molar-refractivity contribution in [1.29, 1.82) is 0 Å². The molecule has 3 N–H and O–H groups in total. The van der Waals surface area contributed by atoms with Crippen molar-refractivity contribution in [2.75, 3.05) is 11.1 Å². The van der Waals surface area contributed by atoms with Crippen molar-refractivity contribution in [3.63, 3.8) is 0 Å². The van der Waals surface area contributed by atoms with Crippen molar-refractivity contribution < 1.29 is 0 Å². The van der Waals surface area contributed by atoms with E-state index in [9.17, 15) is 0 Å². The highest BCUT2D eigenvalue weighted by Gasteiger charge is 2.08. The first-order valence-electron chi connectivity index (χ1n) is 5.88. The Balaban J connectivity index is 2.11. The van der Waals surface area contributed by atoms with E-state index in [1.54, 1.807) is 10.9 Å². The van der Waals surface area contributed by atoms with E-state index in [1.165, 1.54) is 0 Å². The number of nitrogens with zero attached hydrogens (tertiary/aromatic N) is 2. The minimum Gasteiger partial charge on any atom is -0.394 e. The number of rotatable bonds is 2. The standard InChI is InChI=1S/C14H13BrN4/c1-19-8-12(16)14(18-19)17-13-7-6-11(15)9-4-2-3-5-10(9)13/h2-8H,16H2,1H3,(H,17,18). The molecule has 1 aromatic heterocycles. The maximum atomic E-state index is 5.91. The topological polar surface area (TPSA) is 55.9 Å². The van der Waals surface area contributed by atoms with Crippen molar-refractivity contribution in [3.8, 4) is 0 Å². The van der Waals surface area contributed by atoms with Crippen LogP contribution in [0.1, 0.15) is 0 Å². The normalized spacial score (nSPS) is 10.8. The zero-order valence-corrected chi connectivity index (χ0v) is 12.0. The number of nitrogens with two attached hydrogens (primary N) is 1. The Morgan fingerprint density at radius 1 is 1.16 bits per heavy atom. The Kier molecular flexibility index (Phi) is 2.91. The number of anilines is 3. The Labute approximate surface area is 119 Å². The lowest BCUT2D eigenvalue weighted by atomic mass is 10.1. The molecule has 0 fully saturated rings. The first kappa shape index (κ1) is 12.0. The van der Waals surface area contributed by atoms with Gasteiger partial charge in [-0.1, -0.05) is 40.2 Å². The second-order valence-electron chi connectivity index (χ2n) is 4.37. The number of aromatic nitrogens is 2. The third kappa shape index (κ3) is 2.17. The van der Waals surface area contributed by atoms with Gasteiger partial charge < -0.3 is 11.1 Å². The maximum Gasteiger partial charge on any atom is 0.175 e. The molecule has 0 aliphatic rings. The predicted molar refractivity (Wildman–Crippen MR) is 82.6 cm³/mol. The number of benzene rings is 2. The first-order chi connectivity index (χ1) is 9.15. The summed E-state index contributed by atoms with van der Waals surface area (Å²) in [5.74, 6) is 0.676. The monoisotopic (exact) mass is 316 g/mol. The fourth-order valence-electron chi connectivity index (χ4n) is 2.10. The average Bonchev–Trinajstić information content (AvgIpc) is 2.72. The summed E-state index contributed by atoms with van der Waals surface area (Å²) in [5.41, 5.74) is 7.53. The van der Waals surface area contributed by atoms with Crippen LogP contribution in [0.4, 0.5) is 17.2 Å². The molecule has 0 aliphatic carbocycles. The number of aryl methyl sites for hydroxylation is 1. The summed E-state index contributed by atoms with van der Waals surface area (Å²) in [6.07, 6.45) is 1.78. The third-order valence-corrected chi connectivity index (χ3v) is 3.67. The van der Waals surface area contributed by atoms with Crippen LogP contribution in [-0.2, 0) is 7.05 Å². The van der Waals surface area contributed by atoms with Crippen molar-refractivity contribution in [2.24, 2.45) is 7.05 Å². The van der Waals surface area contributed by atoms with Crippen LogP contribution in [0.25, 0.3) is 10.8 Å². The highest BCUT2D eigenvalue weighted by molar-refractivity contribution is 9.10. The van der Waals surface area contributed by atoms with Gasteiger partial charge in [-0.2, -0.15) is 5.10 Å². The molecule has 0 spiro atoms. The van der Waals surface area contributed by atoms with E-state index in [-0.39, 0.29) is 0 Å². The van der Waals surface area contributed by atoms with Gasteiger partial charge in [0.2, 0.25) is 0 Å². The highest BCUT2D eigenvalue weighted by atomic mass is 79.9. The molecule has 0 aliphatic heterocycles. The molecule has 5 heteroatoms. The molecular weight excluding hydrogens is 304 g/mol. The van der Waals surface area contributed by atoms with Gasteiger partial charge in [0, 0.05) is 28.8 Å². The molecule has 19 heavy (non-hydrogen) atoms. The molecule has 0 atom stereocenters. The molecule has 0 bridgehead atoms. The minimum atomic E-state index is 0.634. The zero-order chi connectivity index (χ0) is 13.4. The van der Waals surface area contributed by atoms with Gasteiger partial charge in [0.25, 0.3) is 0 Å². The number of hydrogen-bond acceptors (Lipinski definition) is 3. The summed E-state index contributed by atoms with van der Waals surface area (Å²) in [6.45, 7) is 0. The molecule has 3 rings (SSSR count). The number of fused-ring (bicyclic) bond motifs is 1. The van der Waals surface area contributed by atoms with Gasteiger partial charge in [0.1, 0.15) is 0 Å². The molecule has 0 radical (unpaired) electrons. The molecule has 0 unspecified atom stereocenters. The number of nitrogen functional groups attached to an aromatic ring is 1. The smallest absolute Gasteiger partial charge is 0.175 e. The van der Waals surface area contributed by atoms with Gasteiger partial charge in [-0.3, -0.25) is 4.68 Å². The Morgan fingerprint density at radius 3 is 2.58 bits per heavy atom. The molecule has 2 aromatic carbocycles. The lowest BCUT2D eigenvalue weighted by Gasteiger charge is -2.09. The van der Waals surface area contributed by atoms with E-state index in [1.807, 2.05) is 31.3 Å². The molecule has 96 valence electrons. The molecule has 4 nitrogen and oxygen atoms in total. The van der Waals surface area contributed by atoms with Crippen LogP contribution in [-0.4, -0.2) is 9.78 Å². The summed E-state index contributed by atoms with van der Waals surface area (Å²) in [7, 11) is 1.85. The van der Waals surface area contributed by atoms with Crippen LogP contribution >= 0.6 is 15.9 Å². The van der Waals surface area contributed by atoms with Gasteiger partial charge >= 0.3 is 0 Å². The maximum absolute atomic E-state index is 5.91. The number of nitrogens with one attached hydrogen (secondary N) is 1. The van der Waals surface area contributed by atoms with Crippen LogP contribution in [0, 0.1) is 0 Å².